The molecule has 2 atom stereocenters. The molecular formula is C9H16O2. The van der Waals surface area contributed by atoms with Crippen molar-refractivity contribution in [2.45, 2.75) is 45.0 Å². The normalized spacial score (nSPS) is 31.1. The van der Waals surface area contributed by atoms with E-state index < -0.39 is 0 Å². The van der Waals surface area contributed by atoms with Crippen LogP contribution < -0.4 is 0 Å². The Morgan fingerprint density at radius 1 is 1.55 bits per heavy atom. The van der Waals surface area contributed by atoms with Gasteiger partial charge in [0.2, 0.25) is 0 Å². The zero-order valence-corrected chi connectivity index (χ0v) is 7.08. The summed E-state index contributed by atoms with van der Waals surface area (Å²) in [7, 11) is 0. The van der Waals surface area contributed by atoms with Crippen LogP contribution in [0.15, 0.2) is 0 Å². The van der Waals surface area contributed by atoms with Gasteiger partial charge in [-0.1, -0.05) is 13.3 Å². The van der Waals surface area contributed by atoms with E-state index in [4.69, 9.17) is 16.4 Å². The fourth-order valence-electron chi connectivity index (χ4n) is 1.15. The predicted molar refractivity (Wildman–Crippen MR) is 43.1 cm³/mol. The number of hydrogen-bond acceptors (Lipinski definition) is 2. The van der Waals surface area contributed by atoms with Crippen molar-refractivity contribution in [3.63, 3.8) is 0 Å². The molecule has 0 aromatic heterocycles. The first-order valence-corrected chi connectivity index (χ1v) is 4.34. The Labute approximate surface area is 68.9 Å². The van der Waals surface area contributed by atoms with Crippen LogP contribution in [-0.2, 0) is 9.47 Å². The Morgan fingerprint density at radius 2 is 2.36 bits per heavy atom. The van der Waals surface area contributed by atoms with Crippen LogP contribution in [0.1, 0.15) is 32.6 Å². The first kappa shape index (κ1) is 9.01. The molecule has 2 unspecified atom stereocenters. The van der Waals surface area contributed by atoms with Gasteiger partial charge in [0.15, 0.2) is 6.29 Å². The summed E-state index contributed by atoms with van der Waals surface area (Å²) in [6.07, 6.45) is 4.09. The van der Waals surface area contributed by atoms with Gasteiger partial charge in [-0.15, -0.1) is 0 Å². The van der Waals surface area contributed by atoms with E-state index in [1.54, 1.807) is 0 Å². The lowest BCUT2D eigenvalue weighted by atomic mass is 10.2. The van der Waals surface area contributed by atoms with E-state index in [0.717, 1.165) is 6.42 Å². The Kier molecular flexibility index (Phi) is 3.87. The van der Waals surface area contributed by atoms with Crippen LogP contribution in [0.4, 0.5) is 0 Å². The molecule has 1 saturated heterocycles. The van der Waals surface area contributed by atoms with E-state index in [1.807, 2.05) is 0 Å². The van der Waals surface area contributed by atoms with E-state index in [-0.39, 0.29) is 12.4 Å². The first-order chi connectivity index (χ1) is 5.36. The summed E-state index contributed by atoms with van der Waals surface area (Å²) in [6, 6.07) is 0. The zero-order valence-electron chi connectivity index (χ0n) is 7.08. The standard InChI is InChI=1S/C9H16O2/c1-3-5-6-9-10-7-8(4-2)11-9/h2,8-9H,3-7H2,1H3. The Bertz CT molecular complexity index is 104. The Morgan fingerprint density at radius 3 is 2.91 bits per heavy atom. The maximum atomic E-state index is 5.47. The third kappa shape index (κ3) is 2.80. The lowest BCUT2D eigenvalue weighted by molar-refractivity contribution is -0.0624. The monoisotopic (exact) mass is 156 g/mol. The van der Waals surface area contributed by atoms with E-state index in [9.17, 15) is 0 Å². The van der Waals surface area contributed by atoms with Crippen molar-refractivity contribution >= 4 is 0 Å². The van der Waals surface area contributed by atoms with Gasteiger partial charge in [0.1, 0.15) is 0 Å². The number of unbranched alkanes of at least 4 members (excludes halogenated alkanes) is 1. The molecular weight excluding hydrogens is 140 g/mol. The molecule has 0 amide bonds. The van der Waals surface area contributed by atoms with Gasteiger partial charge in [-0.2, -0.15) is 0 Å². The molecule has 2 nitrogen and oxygen atoms in total. The number of rotatable bonds is 4. The molecule has 0 spiro atoms. The molecule has 1 aliphatic heterocycles. The minimum Gasteiger partial charge on any atom is -0.350 e. The molecule has 0 aromatic rings. The smallest absolute Gasteiger partial charge is 0.158 e. The number of ether oxygens (including phenoxy) is 2. The van der Waals surface area contributed by atoms with Gasteiger partial charge in [0, 0.05) is 0 Å². The molecule has 0 bridgehead atoms. The minimum atomic E-state index is 0.0171. The fraction of sp³-hybridized carbons (Fsp3) is 0.889. The summed E-state index contributed by atoms with van der Waals surface area (Å²) < 4.78 is 10.8. The highest BCUT2D eigenvalue weighted by Gasteiger charge is 2.23. The van der Waals surface area contributed by atoms with Crippen LogP contribution in [0.5, 0.6) is 0 Å². The molecule has 0 saturated carbocycles. The van der Waals surface area contributed by atoms with Crippen molar-refractivity contribution in [3.05, 3.63) is 6.92 Å². The van der Waals surface area contributed by atoms with E-state index >= 15 is 0 Å². The van der Waals surface area contributed by atoms with Crippen molar-refractivity contribution in [1.82, 2.24) is 0 Å². The maximum Gasteiger partial charge on any atom is 0.158 e. The van der Waals surface area contributed by atoms with Crippen molar-refractivity contribution < 1.29 is 9.47 Å². The molecule has 1 rings (SSSR count). The molecule has 64 valence electrons. The molecule has 11 heavy (non-hydrogen) atoms. The van der Waals surface area contributed by atoms with Crippen LogP contribution in [-0.4, -0.2) is 19.0 Å². The van der Waals surface area contributed by atoms with Gasteiger partial charge in [-0.3, -0.25) is 0 Å². The second-order valence-electron chi connectivity index (χ2n) is 2.90. The van der Waals surface area contributed by atoms with Crippen molar-refractivity contribution in [2.75, 3.05) is 6.61 Å². The first-order valence-electron chi connectivity index (χ1n) is 4.34. The van der Waals surface area contributed by atoms with Gasteiger partial charge in [0.25, 0.3) is 0 Å². The maximum absolute atomic E-state index is 5.47. The quantitative estimate of drug-likeness (QED) is 0.620. The van der Waals surface area contributed by atoms with Gasteiger partial charge < -0.3 is 9.47 Å². The zero-order chi connectivity index (χ0) is 8.10. The SMILES string of the molecule is [CH]CC1COC(CCCC)O1. The largest absolute Gasteiger partial charge is 0.350 e. The van der Waals surface area contributed by atoms with Crippen LogP contribution >= 0.6 is 0 Å². The molecule has 1 heterocycles. The van der Waals surface area contributed by atoms with Crippen LogP contribution in [0.25, 0.3) is 0 Å². The molecule has 2 heteroatoms. The highest BCUT2D eigenvalue weighted by molar-refractivity contribution is 4.65. The van der Waals surface area contributed by atoms with Crippen molar-refractivity contribution in [3.8, 4) is 0 Å². The van der Waals surface area contributed by atoms with Gasteiger partial charge >= 0.3 is 0 Å². The van der Waals surface area contributed by atoms with E-state index in [1.165, 1.54) is 12.8 Å². The summed E-state index contributed by atoms with van der Waals surface area (Å²) in [5.41, 5.74) is 0. The van der Waals surface area contributed by atoms with Crippen LogP contribution in [0.3, 0.4) is 0 Å². The second kappa shape index (κ2) is 4.73. The summed E-state index contributed by atoms with van der Waals surface area (Å²) in [6.45, 7) is 8.25. The van der Waals surface area contributed by atoms with Crippen molar-refractivity contribution in [1.29, 1.82) is 0 Å². The minimum absolute atomic E-state index is 0.0171. The summed E-state index contributed by atoms with van der Waals surface area (Å²) >= 11 is 0. The summed E-state index contributed by atoms with van der Waals surface area (Å²) in [4.78, 5) is 0. The molecule has 0 aliphatic carbocycles. The molecule has 0 N–H and O–H groups in total. The Hall–Kier alpha value is -0.0800. The molecule has 1 aliphatic rings. The lowest BCUT2D eigenvalue weighted by Gasteiger charge is -2.08. The van der Waals surface area contributed by atoms with Crippen LogP contribution in [0, 0.1) is 6.92 Å². The topological polar surface area (TPSA) is 18.5 Å². The predicted octanol–water partition coefficient (Wildman–Crippen LogP) is 2.02. The lowest BCUT2D eigenvalue weighted by Crippen LogP contribution is -2.10. The molecule has 2 radical (unpaired) electrons. The average molecular weight is 156 g/mol. The number of hydrogen-bond donors (Lipinski definition) is 0. The van der Waals surface area contributed by atoms with Crippen LogP contribution in [0.2, 0.25) is 0 Å². The third-order valence-electron chi connectivity index (χ3n) is 1.87. The summed E-state index contributed by atoms with van der Waals surface area (Å²) in [5, 5.41) is 0. The highest BCUT2D eigenvalue weighted by atomic mass is 16.7. The highest BCUT2D eigenvalue weighted by Crippen LogP contribution is 2.18. The van der Waals surface area contributed by atoms with E-state index in [2.05, 4.69) is 6.92 Å². The molecule has 0 aromatic carbocycles. The summed E-state index contributed by atoms with van der Waals surface area (Å²) in [5.74, 6) is 0. The van der Waals surface area contributed by atoms with Gasteiger partial charge in [-0.25, -0.2) is 0 Å². The molecule has 1 fully saturated rings. The van der Waals surface area contributed by atoms with Gasteiger partial charge in [0.05, 0.1) is 12.7 Å². The third-order valence-corrected chi connectivity index (χ3v) is 1.87. The van der Waals surface area contributed by atoms with E-state index in [0.29, 0.717) is 13.0 Å². The second-order valence-corrected chi connectivity index (χ2v) is 2.90. The Balaban J connectivity index is 2.09. The average Bonchev–Trinajstić information content (AvgIpc) is 2.48. The van der Waals surface area contributed by atoms with Crippen molar-refractivity contribution in [2.24, 2.45) is 0 Å². The van der Waals surface area contributed by atoms with Gasteiger partial charge in [-0.05, 0) is 26.2 Å². The fourth-order valence-corrected chi connectivity index (χ4v) is 1.15.